The Morgan fingerprint density at radius 1 is 1.23 bits per heavy atom. The van der Waals surface area contributed by atoms with Gasteiger partial charge in [-0.25, -0.2) is 13.8 Å². The summed E-state index contributed by atoms with van der Waals surface area (Å²) in [5, 5.41) is 0.305. The zero-order valence-electron chi connectivity index (χ0n) is 15.7. The van der Waals surface area contributed by atoms with Gasteiger partial charge in [-0.2, -0.15) is 0 Å². The van der Waals surface area contributed by atoms with E-state index in [-0.39, 0.29) is 29.9 Å². The van der Waals surface area contributed by atoms with Crippen LogP contribution in [0.15, 0.2) is 40.6 Å². The number of benzene rings is 2. The van der Waals surface area contributed by atoms with Gasteiger partial charge in [0.15, 0.2) is 11.6 Å². The van der Waals surface area contributed by atoms with E-state index in [0.717, 1.165) is 22.3 Å². The van der Waals surface area contributed by atoms with E-state index in [1.165, 1.54) is 16.2 Å². The van der Waals surface area contributed by atoms with Gasteiger partial charge in [0.1, 0.15) is 0 Å². The van der Waals surface area contributed by atoms with Gasteiger partial charge in [0.05, 0.1) is 40.4 Å². The number of likely N-dealkylation sites (N-methyl/N-ethyl adjacent to an activating group) is 1. The van der Waals surface area contributed by atoms with Crippen molar-refractivity contribution in [3.63, 3.8) is 0 Å². The number of nitrogens with one attached hydrogen (secondary N) is 1. The molecule has 1 aliphatic rings. The SMILES string of the molecule is CN(C(=O)c1ccc2scnc2c1)C1COCc2[nH]c(=O)c3cc(F)c(F)cc3c21. The first-order valence-corrected chi connectivity index (χ1v) is 10.0. The van der Waals surface area contributed by atoms with Crippen molar-refractivity contribution in [3.8, 4) is 0 Å². The van der Waals surface area contributed by atoms with Crippen molar-refractivity contribution in [2.24, 2.45) is 0 Å². The zero-order chi connectivity index (χ0) is 21.0. The quantitative estimate of drug-likeness (QED) is 0.529. The minimum absolute atomic E-state index is 0.0318. The van der Waals surface area contributed by atoms with E-state index in [0.29, 0.717) is 16.8 Å². The number of pyridine rings is 1. The van der Waals surface area contributed by atoms with Crippen molar-refractivity contribution >= 4 is 38.2 Å². The van der Waals surface area contributed by atoms with Crippen LogP contribution in [0.3, 0.4) is 0 Å². The number of halogens is 2. The summed E-state index contributed by atoms with van der Waals surface area (Å²) in [5.74, 6) is -2.42. The fourth-order valence-electron chi connectivity index (χ4n) is 3.88. The van der Waals surface area contributed by atoms with Crippen LogP contribution in [-0.2, 0) is 11.3 Å². The number of aromatic amines is 1. The first-order chi connectivity index (χ1) is 14.4. The average Bonchev–Trinajstić information content (AvgIpc) is 3.21. The molecule has 1 atom stereocenters. The molecule has 1 N–H and O–H groups in total. The van der Waals surface area contributed by atoms with Crippen LogP contribution in [0.4, 0.5) is 8.78 Å². The number of rotatable bonds is 2. The van der Waals surface area contributed by atoms with E-state index < -0.39 is 23.2 Å². The van der Waals surface area contributed by atoms with Gasteiger partial charge >= 0.3 is 0 Å². The average molecular weight is 427 g/mol. The molecular formula is C21H15F2N3O3S. The molecule has 0 fully saturated rings. The van der Waals surface area contributed by atoms with Crippen molar-refractivity contribution in [1.82, 2.24) is 14.9 Å². The van der Waals surface area contributed by atoms with Gasteiger partial charge in [0.2, 0.25) is 0 Å². The highest BCUT2D eigenvalue weighted by Crippen LogP contribution is 2.34. The van der Waals surface area contributed by atoms with E-state index >= 15 is 0 Å². The van der Waals surface area contributed by atoms with Crippen LogP contribution >= 0.6 is 11.3 Å². The van der Waals surface area contributed by atoms with E-state index in [2.05, 4.69) is 9.97 Å². The number of thiazole rings is 1. The lowest BCUT2D eigenvalue weighted by Gasteiger charge is -2.34. The highest BCUT2D eigenvalue weighted by Gasteiger charge is 2.31. The van der Waals surface area contributed by atoms with Crippen LogP contribution < -0.4 is 5.56 Å². The molecule has 5 rings (SSSR count). The molecule has 0 spiro atoms. The molecule has 2 aromatic heterocycles. The molecule has 3 heterocycles. The molecule has 0 radical (unpaired) electrons. The van der Waals surface area contributed by atoms with Crippen molar-refractivity contribution in [1.29, 1.82) is 0 Å². The number of hydrogen-bond acceptors (Lipinski definition) is 5. The minimum atomic E-state index is -1.10. The number of carbonyl (C=O) groups is 1. The van der Waals surface area contributed by atoms with E-state index in [9.17, 15) is 18.4 Å². The van der Waals surface area contributed by atoms with Gasteiger partial charge in [0.25, 0.3) is 11.5 Å². The Morgan fingerprint density at radius 2 is 2.00 bits per heavy atom. The standard InChI is InChI=1S/C21H15F2N3O3S/c1-26(21(28)10-2-3-18-15(4-10)24-9-30-18)17-8-29-7-16-19(17)11-5-13(22)14(23)6-12(11)20(27)25-16/h2-6,9,17H,7-8H2,1H3,(H,25,27). The summed E-state index contributed by atoms with van der Waals surface area (Å²) in [6.07, 6.45) is 0. The Kier molecular flexibility index (Phi) is 4.37. The van der Waals surface area contributed by atoms with Crippen LogP contribution in [0.1, 0.15) is 27.7 Å². The highest BCUT2D eigenvalue weighted by atomic mass is 32.1. The maximum atomic E-state index is 14.0. The third kappa shape index (κ3) is 2.89. The Bertz CT molecular complexity index is 1380. The first-order valence-electron chi connectivity index (χ1n) is 9.16. The van der Waals surface area contributed by atoms with Crippen LogP contribution in [0.2, 0.25) is 0 Å². The number of H-pyrrole nitrogens is 1. The summed E-state index contributed by atoms with van der Waals surface area (Å²) in [4.78, 5) is 34.0. The number of hydrogen-bond donors (Lipinski definition) is 1. The van der Waals surface area contributed by atoms with Crippen molar-refractivity contribution in [3.05, 3.63) is 74.7 Å². The van der Waals surface area contributed by atoms with Crippen LogP contribution in [0, 0.1) is 11.6 Å². The molecule has 0 aliphatic carbocycles. The summed E-state index contributed by atoms with van der Waals surface area (Å²) in [6, 6.07) is 6.59. The molecule has 0 bridgehead atoms. The van der Waals surface area contributed by atoms with E-state index in [1.807, 2.05) is 6.07 Å². The van der Waals surface area contributed by atoms with Gasteiger partial charge in [-0.1, -0.05) is 0 Å². The third-order valence-corrected chi connectivity index (χ3v) is 6.22. The van der Waals surface area contributed by atoms with Crippen LogP contribution in [-0.4, -0.2) is 34.4 Å². The van der Waals surface area contributed by atoms with Crippen molar-refractivity contribution < 1.29 is 18.3 Å². The topological polar surface area (TPSA) is 75.3 Å². The number of fused-ring (bicyclic) bond motifs is 4. The maximum Gasteiger partial charge on any atom is 0.256 e. The second-order valence-corrected chi connectivity index (χ2v) is 8.03. The summed E-state index contributed by atoms with van der Waals surface area (Å²) in [7, 11) is 1.62. The van der Waals surface area contributed by atoms with E-state index in [4.69, 9.17) is 4.74 Å². The van der Waals surface area contributed by atoms with E-state index in [1.54, 1.807) is 24.7 Å². The molecule has 1 amide bonds. The molecule has 0 saturated carbocycles. The number of aromatic nitrogens is 2. The highest BCUT2D eigenvalue weighted by molar-refractivity contribution is 7.16. The summed E-state index contributed by atoms with van der Waals surface area (Å²) in [6.45, 7) is 0.275. The smallest absolute Gasteiger partial charge is 0.256 e. The normalized spacial score (nSPS) is 16.0. The number of nitrogens with zero attached hydrogens (tertiary/aromatic N) is 2. The fourth-order valence-corrected chi connectivity index (χ4v) is 4.54. The molecule has 1 unspecified atom stereocenters. The molecule has 4 aromatic rings. The Morgan fingerprint density at radius 3 is 2.80 bits per heavy atom. The minimum Gasteiger partial charge on any atom is -0.373 e. The molecule has 0 saturated heterocycles. The summed E-state index contributed by atoms with van der Waals surface area (Å²) < 4.78 is 34.3. The second-order valence-electron chi connectivity index (χ2n) is 7.14. The van der Waals surface area contributed by atoms with Gasteiger partial charge in [-0.3, -0.25) is 9.59 Å². The number of carbonyl (C=O) groups excluding carboxylic acids is 1. The largest absolute Gasteiger partial charge is 0.373 e. The Labute approximate surface area is 172 Å². The molecule has 30 heavy (non-hydrogen) atoms. The van der Waals surface area contributed by atoms with Crippen LogP contribution in [0.5, 0.6) is 0 Å². The predicted molar refractivity (Wildman–Crippen MR) is 109 cm³/mol. The third-order valence-electron chi connectivity index (χ3n) is 5.41. The van der Waals surface area contributed by atoms with Gasteiger partial charge in [-0.05, 0) is 35.7 Å². The Balaban J connectivity index is 1.62. The molecule has 9 heteroatoms. The van der Waals surface area contributed by atoms with Crippen molar-refractivity contribution in [2.45, 2.75) is 12.6 Å². The monoisotopic (exact) mass is 427 g/mol. The number of amides is 1. The maximum absolute atomic E-state index is 14.0. The predicted octanol–water partition coefficient (Wildman–Crippen LogP) is 3.76. The lowest BCUT2D eigenvalue weighted by atomic mass is 9.95. The molecule has 1 aliphatic heterocycles. The van der Waals surface area contributed by atoms with Gasteiger partial charge in [0, 0.05) is 23.9 Å². The molecule has 152 valence electrons. The lowest BCUT2D eigenvalue weighted by molar-refractivity contribution is 0.0336. The number of ether oxygens (including phenoxy) is 1. The van der Waals surface area contributed by atoms with Crippen molar-refractivity contribution in [2.75, 3.05) is 13.7 Å². The van der Waals surface area contributed by atoms with Gasteiger partial charge in [-0.15, -0.1) is 11.3 Å². The Hall–Kier alpha value is -3.17. The summed E-state index contributed by atoms with van der Waals surface area (Å²) >= 11 is 1.48. The first kappa shape index (κ1) is 18.8. The molecular weight excluding hydrogens is 412 g/mol. The molecule has 6 nitrogen and oxygen atoms in total. The fraction of sp³-hybridized carbons (Fsp3) is 0.190. The van der Waals surface area contributed by atoms with Crippen LogP contribution in [0.25, 0.3) is 21.0 Å². The summed E-state index contributed by atoms with van der Waals surface area (Å²) in [5.41, 5.74) is 3.37. The zero-order valence-corrected chi connectivity index (χ0v) is 16.6. The van der Waals surface area contributed by atoms with Gasteiger partial charge < -0.3 is 14.6 Å². The lowest BCUT2D eigenvalue weighted by Crippen LogP contribution is -2.37. The molecule has 2 aromatic carbocycles. The second kappa shape index (κ2) is 6.96.